The van der Waals surface area contributed by atoms with Crippen LogP contribution in [-0.2, 0) is 5.75 Å². The zero-order valence-corrected chi connectivity index (χ0v) is 11.7. The molecule has 0 aliphatic heterocycles. The van der Waals surface area contributed by atoms with Crippen molar-refractivity contribution >= 4 is 11.8 Å². The highest BCUT2D eigenvalue weighted by Crippen LogP contribution is 2.37. The highest BCUT2D eigenvalue weighted by molar-refractivity contribution is 7.98. The molecule has 0 radical (unpaired) electrons. The fraction of sp³-hybridized carbons (Fsp3) is 0.385. The maximum absolute atomic E-state index is 12.1. The van der Waals surface area contributed by atoms with Crippen molar-refractivity contribution in [1.29, 1.82) is 0 Å². The minimum Gasteiger partial charge on any atom is -0.406 e. The Morgan fingerprint density at radius 3 is 2.57 bits per heavy atom. The van der Waals surface area contributed by atoms with Gasteiger partial charge in [0.05, 0.1) is 0 Å². The quantitative estimate of drug-likeness (QED) is 0.787. The lowest BCUT2D eigenvalue weighted by Crippen LogP contribution is -2.16. The highest BCUT2D eigenvalue weighted by atomic mass is 32.2. The van der Waals surface area contributed by atoms with E-state index in [1.807, 2.05) is 4.57 Å². The zero-order chi connectivity index (χ0) is 14.9. The summed E-state index contributed by atoms with van der Waals surface area (Å²) in [6.45, 7) is 0. The lowest BCUT2D eigenvalue weighted by molar-refractivity contribution is -0.274. The second kappa shape index (κ2) is 5.59. The molecule has 0 unspecified atom stereocenters. The van der Waals surface area contributed by atoms with Crippen LogP contribution in [0, 0.1) is 0 Å². The van der Waals surface area contributed by atoms with Crippen LogP contribution in [0.25, 0.3) is 0 Å². The molecule has 1 aliphatic rings. The molecule has 4 nitrogen and oxygen atoms in total. The molecule has 0 N–H and O–H groups in total. The summed E-state index contributed by atoms with van der Waals surface area (Å²) < 4.78 is 42.1. The minimum atomic E-state index is -4.66. The van der Waals surface area contributed by atoms with Gasteiger partial charge in [0.15, 0.2) is 5.16 Å². The van der Waals surface area contributed by atoms with E-state index in [1.54, 1.807) is 18.5 Å². The van der Waals surface area contributed by atoms with Crippen LogP contribution < -0.4 is 4.74 Å². The van der Waals surface area contributed by atoms with Crippen molar-refractivity contribution in [2.75, 3.05) is 0 Å². The number of nitrogens with zero attached hydrogens (tertiary/aromatic N) is 3. The molecule has 0 spiro atoms. The summed E-state index contributed by atoms with van der Waals surface area (Å²) in [5.74, 6) is 0.412. The maximum Gasteiger partial charge on any atom is 0.573 e. The first kappa shape index (κ1) is 14.2. The molecule has 0 saturated heterocycles. The van der Waals surface area contributed by atoms with Crippen LogP contribution in [0.3, 0.4) is 0 Å². The molecule has 21 heavy (non-hydrogen) atoms. The first-order valence-corrected chi connectivity index (χ1v) is 7.37. The Hall–Kier alpha value is -1.70. The molecule has 1 fully saturated rings. The van der Waals surface area contributed by atoms with Gasteiger partial charge in [-0.2, -0.15) is 0 Å². The van der Waals surface area contributed by atoms with Crippen molar-refractivity contribution in [2.24, 2.45) is 0 Å². The van der Waals surface area contributed by atoms with Crippen LogP contribution >= 0.6 is 11.8 Å². The molecular formula is C13H12F3N3OS. The van der Waals surface area contributed by atoms with Gasteiger partial charge in [-0.05, 0) is 30.5 Å². The SMILES string of the molecule is FC(F)(F)Oc1ccc(CSc2nncn2C2CC2)cc1. The number of hydrogen-bond donors (Lipinski definition) is 0. The van der Waals surface area contributed by atoms with Crippen molar-refractivity contribution in [3.63, 3.8) is 0 Å². The molecule has 112 valence electrons. The van der Waals surface area contributed by atoms with Gasteiger partial charge in [0.2, 0.25) is 0 Å². The van der Waals surface area contributed by atoms with E-state index in [2.05, 4.69) is 14.9 Å². The number of alkyl halides is 3. The van der Waals surface area contributed by atoms with Crippen LogP contribution in [0.1, 0.15) is 24.4 Å². The number of hydrogen-bond acceptors (Lipinski definition) is 4. The predicted molar refractivity (Wildman–Crippen MR) is 71.0 cm³/mol. The molecule has 2 aromatic rings. The maximum atomic E-state index is 12.1. The summed E-state index contributed by atoms with van der Waals surface area (Å²) in [5, 5.41) is 8.80. The van der Waals surface area contributed by atoms with Gasteiger partial charge >= 0.3 is 6.36 Å². The van der Waals surface area contributed by atoms with Crippen LogP contribution in [0.2, 0.25) is 0 Å². The van der Waals surface area contributed by atoms with Gasteiger partial charge in [0, 0.05) is 11.8 Å². The average molecular weight is 315 g/mol. The van der Waals surface area contributed by atoms with Crippen LogP contribution in [0.4, 0.5) is 13.2 Å². The van der Waals surface area contributed by atoms with Crippen molar-refractivity contribution in [1.82, 2.24) is 14.8 Å². The summed E-state index contributed by atoms with van der Waals surface area (Å²) in [6, 6.07) is 6.37. The Morgan fingerprint density at radius 2 is 1.95 bits per heavy atom. The van der Waals surface area contributed by atoms with Crippen LogP contribution in [-0.4, -0.2) is 21.1 Å². The van der Waals surface area contributed by atoms with E-state index in [0.717, 1.165) is 23.6 Å². The molecular weight excluding hydrogens is 303 g/mol. The fourth-order valence-corrected chi connectivity index (χ4v) is 2.81. The second-order valence-electron chi connectivity index (χ2n) is 4.73. The van der Waals surface area contributed by atoms with Crippen molar-refractivity contribution in [3.8, 4) is 5.75 Å². The summed E-state index contributed by atoms with van der Waals surface area (Å²) in [7, 11) is 0. The first-order chi connectivity index (χ1) is 10.0. The molecule has 1 aliphatic carbocycles. The Morgan fingerprint density at radius 1 is 1.24 bits per heavy atom. The van der Waals surface area contributed by atoms with E-state index in [-0.39, 0.29) is 5.75 Å². The molecule has 1 heterocycles. The molecule has 1 aromatic carbocycles. The molecule has 0 bridgehead atoms. The Balaban J connectivity index is 1.59. The zero-order valence-electron chi connectivity index (χ0n) is 10.9. The van der Waals surface area contributed by atoms with E-state index >= 15 is 0 Å². The van der Waals surface area contributed by atoms with E-state index in [0.29, 0.717) is 11.8 Å². The van der Waals surface area contributed by atoms with Gasteiger partial charge in [-0.3, -0.25) is 0 Å². The molecule has 3 rings (SSSR count). The molecule has 1 aromatic heterocycles. The highest BCUT2D eigenvalue weighted by Gasteiger charge is 2.31. The van der Waals surface area contributed by atoms with Gasteiger partial charge in [-0.15, -0.1) is 23.4 Å². The minimum absolute atomic E-state index is 0.211. The topological polar surface area (TPSA) is 39.9 Å². The summed E-state index contributed by atoms with van der Waals surface area (Å²) in [5.41, 5.74) is 0.903. The van der Waals surface area contributed by atoms with Crippen molar-refractivity contribution in [3.05, 3.63) is 36.2 Å². The number of benzene rings is 1. The molecule has 1 saturated carbocycles. The van der Waals surface area contributed by atoms with Gasteiger partial charge in [0.25, 0.3) is 0 Å². The molecule has 0 amide bonds. The summed E-state index contributed by atoms with van der Waals surface area (Å²) in [6.07, 6.45) is -0.638. The third-order valence-corrected chi connectivity index (χ3v) is 4.03. The second-order valence-corrected chi connectivity index (χ2v) is 5.67. The summed E-state index contributed by atoms with van der Waals surface area (Å²) in [4.78, 5) is 0. The predicted octanol–water partition coefficient (Wildman–Crippen LogP) is 3.80. The number of ether oxygens (including phenoxy) is 1. The van der Waals surface area contributed by atoms with E-state index < -0.39 is 6.36 Å². The fourth-order valence-electron chi connectivity index (χ4n) is 1.87. The van der Waals surface area contributed by atoms with Crippen molar-refractivity contribution in [2.45, 2.75) is 36.2 Å². The monoisotopic (exact) mass is 315 g/mol. The van der Waals surface area contributed by atoms with E-state index in [4.69, 9.17) is 0 Å². The van der Waals surface area contributed by atoms with Gasteiger partial charge < -0.3 is 9.30 Å². The van der Waals surface area contributed by atoms with Crippen LogP contribution in [0.15, 0.2) is 35.7 Å². The number of aromatic nitrogens is 3. The largest absolute Gasteiger partial charge is 0.573 e. The number of thioether (sulfide) groups is 1. The molecule has 0 atom stereocenters. The summed E-state index contributed by atoms with van der Waals surface area (Å²) >= 11 is 1.52. The third kappa shape index (κ3) is 3.90. The Kier molecular flexibility index (Phi) is 3.79. The van der Waals surface area contributed by atoms with E-state index in [9.17, 15) is 13.2 Å². The van der Waals surface area contributed by atoms with Gasteiger partial charge in [-0.25, -0.2) is 0 Å². The van der Waals surface area contributed by atoms with E-state index in [1.165, 1.54) is 23.9 Å². The molecule has 8 heteroatoms. The Bertz CT molecular complexity index is 608. The normalized spacial score (nSPS) is 15.2. The van der Waals surface area contributed by atoms with Gasteiger partial charge in [-0.1, -0.05) is 23.9 Å². The first-order valence-electron chi connectivity index (χ1n) is 6.38. The Labute approximate surface area is 123 Å². The average Bonchev–Trinajstić information content (AvgIpc) is 3.15. The lowest BCUT2D eigenvalue weighted by atomic mass is 10.2. The standard InChI is InChI=1S/C13H12F3N3OS/c14-13(15,16)20-11-5-1-9(2-6-11)7-21-12-18-17-8-19(12)10-3-4-10/h1-2,5-6,8,10H,3-4,7H2. The number of halogens is 3. The third-order valence-electron chi connectivity index (χ3n) is 3.01. The van der Waals surface area contributed by atoms with Crippen LogP contribution in [0.5, 0.6) is 5.75 Å². The lowest BCUT2D eigenvalue weighted by Gasteiger charge is -2.09. The number of rotatable bonds is 5. The smallest absolute Gasteiger partial charge is 0.406 e. The van der Waals surface area contributed by atoms with Crippen molar-refractivity contribution < 1.29 is 17.9 Å². The van der Waals surface area contributed by atoms with Gasteiger partial charge in [0.1, 0.15) is 12.1 Å².